The molecule has 0 spiro atoms. The molecule has 0 saturated heterocycles. The summed E-state index contributed by atoms with van der Waals surface area (Å²) in [4.78, 5) is 27.7. The third kappa shape index (κ3) is 6.47. The first-order chi connectivity index (χ1) is 12.8. The Labute approximate surface area is 160 Å². The summed E-state index contributed by atoms with van der Waals surface area (Å²) in [6, 6.07) is 13.9. The van der Waals surface area contributed by atoms with Crippen LogP contribution in [0.5, 0.6) is 11.5 Å². The van der Waals surface area contributed by atoms with E-state index >= 15 is 0 Å². The van der Waals surface area contributed by atoms with Crippen molar-refractivity contribution in [1.82, 2.24) is 9.80 Å². The molecule has 0 aliphatic carbocycles. The van der Waals surface area contributed by atoms with Crippen LogP contribution in [0.15, 0.2) is 73.1 Å². The van der Waals surface area contributed by atoms with Crippen LogP contribution in [0, 0.1) is 0 Å². The lowest BCUT2D eigenvalue weighted by Gasteiger charge is -2.07. The Morgan fingerprint density at radius 1 is 0.667 bits per heavy atom. The second-order valence-corrected chi connectivity index (χ2v) is 6.44. The fourth-order valence-electron chi connectivity index (χ4n) is 2.14. The van der Waals surface area contributed by atoms with Gasteiger partial charge in [0.1, 0.15) is 11.5 Å². The molecule has 0 N–H and O–H groups in total. The summed E-state index contributed by atoms with van der Waals surface area (Å²) in [5.74, 6) is 1.11. The lowest BCUT2D eigenvalue weighted by molar-refractivity contribution is 0.103. The predicted octanol–water partition coefficient (Wildman–Crippen LogP) is 3.99. The van der Waals surface area contributed by atoms with Gasteiger partial charge in [-0.1, -0.05) is 0 Å². The molecule has 140 valence electrons. The van der Waals surface area contributed by atoms with Crippen molar-refractivity contribution in [2.24, 2.45) is 0 Å². The summed E-state index contributed by atoms with van der Waals surface area (Å²) in [6.07, 6.45) is 6.47. The smallest absolute Gasteiger partial charge is 0.187 e. The van der Waals surface area contributed by atoms with Crippen molar-refractivity contribution in [2.45, 2.75) is 0 Å². The topological polar surface area (TPSA) is 49.9 Å². The maximum absolute atomic E-state index is 12.0. The van der Waals surface area contributed by atoms with E-state index in [4.69, 9.17) is 4.74 Å². The van der Waals surface area contributed by atoms with Gasteiger partial charge in [-0.3, -0.25) is 9.59 Å². The highest BCUT2D eigenvalue weighted by molar-refractivity contribution is 6.05. The van der Waals surface area contributed by atoms with Crippen molar-refractivity contribution in [3.63, 3.8) is 0 Å². The summed E-state index contributed by atoms with van der Waals surface area (Å²) < 4.78 is 5.77. The van der Waals surface area contributed by atoms with E-state index < -0.39 is 0 Å². The number of ketones is 2. The Morgan fingerprint density at radius 2 is 1.00 bits per heavy atom. The third-order valence-electron chi connectivity index (χ3n) is 3.56. The molecule has 2 aromatic rings. The molecule has 27 heavy (non-hydrogen) atoms. The summed E-state index contributed by atoms with van der Waals surface area (Å²) in [5, 5.41) is 0. The highest BCUT2D eigenvalue weighted by atomic mass is 16.5. The number of carbonyl (C=O) groups excluding carboxylic acids is 2. The molecule has 0 aromatic heterocycles. The maximum atomic E-state index is 12.0. The van der Waals surface area contributed by atoms with E-state index in [0.717, 1.165) is 0 Å². The number of benzene rings is 2. The van der Waals surface area contributed by atoms with Crippen LogP contribution in [0.4, 0.5) is 0 Å². The standard InChI is InChI=1S/C22H24N2O3/c1-23(2)15-13-21(25)17-5-9-19(10-6-17)27-20-11-7-18(8-12-20)22(26)14-16-24(3)4/h5-16H,1-4H3/b15-13+,16-14+. The van der Waals surface area contributed by atoms with E-state index in [2.05, 4.69) is 0 Å². The van der Waals surface area contributed by atoms with E-state index in [1.807, 2.05) is 28.2 Å². The Kier molecular flexibility index (Phi) is 6.94. The van der Waals surface area contributed by atoms with Gasteiger partial charge >= 0.3 is 0 Å². The molecule has 5 heteroatoms. The average Bonchev–Trinajstić information content (AvgIpc) is 2.65. The molecule has 0 amide bonds. The molecular weight excluding hydrogens is 340 g/mol. The van der Waals surface area contributed by atoms with Gasteiger partial charge < -0.3 is 14.5 Å². The molecule has 0 saturated carbocycles. The third-order valence-corrected chi connectivity index (χ3v) is 3.56. The van der Waals surface area contributed by atoms with Crippen LogP contribution in [0.1, 0.15) is 20.7 Å². The van der Waals surface area contributed by atoms with Crippen LogP contribution < -0.4 is 4.74 Å². The Balaban J connectivity index is 2.01. The number of hydrogen-bond donors (Lipinski definition) is 0. The summed E-state index contributed by atoms with van der Waals surface area (Å²) in [6.45, 7) is 0. The van der Waals surface area contributed by atoms with Crippen molar-refractivity contribution in [3.8, 4) is 11.5 Å². The monoisotopic (exact) mass is 364 g/mol. The van der Waals surface area contributed by atoms with Crippen molar-refractivity contribution in [1.29, 1.82) is 0 Å². The SMILES string of the molecule is CN(C)/C=C/C(=O)c1ccc(Oc2ccc(C(=O)/C=C/N(C)C)cc2)cc1. The quantitative estimate of drug-likeness (QED) is 0.523. The highest BCUT2D eigenvalue weighted by Crippen LogP contribution is 2.22. The zero-order chi connectivity index (χ0) is 19.8. The average molecular weight is 364 g/mol. The predicted molar refractivity (Wildman–Crippen MR) is 107 cm³/mol. The van der Waals surface area contributed by atoms with Crippen molar-refractivity contribution in [3.05, 3.63) is 84.2 Å². The minimum atomic E-state index is -0.0658. The zero-order valence-electron chi connectivity index (χ0n) is 16.0. The first-order valence-electron chi connectivity index (χ1n) is 8.51. The summed E-state index contributed by atoms with van der Waals surface area (Å²) in [7, 11) is 7.44. The van der Waals surface area contributed by atoms with Gasteiger partial charge in [-0.25, -0.2) is 0 Å². The van der Waals surface area contributed by atoms with E-state index in [1.54, 1.807) is 70.7 Å². The van der Waals surface area contributed by atoms with E-state index in [-0.39, 0.29) is 11.6 Å². The number of rotatable bonds is 8. The second-order valence-electron chi connectivity index (χ2n) is 6.44. The molecule has 0 radical (unpaired) electrons. The molecule has 0 bridgehead atoms. The molecule has 0 aliphatic rings. The van der Waals surface area contributed by atoms with Gasteiger partial charge in [0.15, 0.2) is 11.6 Å². The Bertz CT molecular complexity index is 761. The Hall–Kier alpha value is -3.34. The first-order valence-corrected chi connectivity index (χ1v) is 8.51. The molecule has 5 nitrogen and oxygen atoms in total. The fourth-order valence-corrected chi connectivity index (χ4v) is 2.14. The fraction of sp³-hybridized carbons (Fsp3) is 0.182. The lowest BCUT2D eigenvalue weighted by atomic mass is 10.1. The minimum Gasteiger partial charge on any atom is -0.457 e. The summed E-state index contributed by atoms with van der Waals surface area (Å²) in [5.41, 5.74) is 1.18. The molecule has 0 aliphatic heterocycles. The van der Waals surface area contributed by atoms with Gasteiger partial charge in [0.05, 0.1) is 0 Å². The molecule has 0 heterocycles. The van der Waals surface area contributed by atoms with E-state index in [9.17, 15) is 9.59 Å². The molecule has 0 fully saturated rings. The van der Waals surface area contributed by atoms with Gasteiger partial charge in [-0.2, -0.15) is 0 Å². The molecule has 2 aromatic carbocycles. The number of carbonyl (C=O) groups is 2. The zero-order valence-corrected chi connectivity index (χ0v) is 16.0. The number of hydrogen-bond acceptors (Lipinski definition) is 5. The highest BCUT2D eigenvalue weighted by Gasteiger charge is 2.05. The lowest BCUT2D eigenvalue weighted by Crippen LogP contribution is -2.03. The van der Waals surface area contributed by atoms with Crippen molar-refractivity contribution >= 4 is 11.6 Å². The van der Waals surface area contributed by atoms with Gasteiger partial charge in [-0.05, 0) is 48.5 Å². The van der Waals surface area contributed by atoms with Crippen LogP contribution in [0.25, 0.3) is 0 Å². The number of nitrogens with zero attached hydrogens (tertiary/aromatic N) is 2. The van der Waals surface area contributed by atoms with Crippen molar-refractivity contribution < 1.29 is 14.3 Å². The molecule has 0 unspecified atom stereocenters. The number of ether oxygens (including phenoxy) is 1. The molecular formula is C22H24N2O3. The second kappa shape index (κ2) is 9.38. The van der Waals surface area contributed by atoms with E-state index in [0.29, 0.717) is 22.6 Å². The van der Waals surface area contributed by atoms with Gasteiger partial charge in [0.2, 0.25) is 0 Å². The van der Waals surface area contributed by atoms with Crippen LogP contribution in [-0.4, -0.2) is 49.6 Å². The normalized spacial score (nSPS) is 11.0. The van der Waals surface area contributed by atoms with Crippen LogP contribution in [-0.2, 0) is 0 Å². The van der Waals surface area contributed by atoms with Crippen LogP contribution in [0.3, 0.4) is 0 Å². The van der Waals surface area contributed by atoms with Crippen molar-refractivity contribution in [2.75, 3.05) is 28.2 Å². The molecule has 2 rings (SSSR count). The van der Waals surface area contributed by atoms with Crippen LogP contribution >= 0.6 is 0 Å². The first kappa shape index (κ1) is 20.0. The van der Waals surface area contributed by atoms with Crippen LogP contribution in [0.2, 0.25) is 0 Å². The largest absolute Gasteiger partial charge is 0.457 e. The summed E-state index contributed by atoms with van der Waals surface area (Å²) >= 11 is 0. The van der Waals surface area contributed by atoms with Gasteiger partial charge in [0.25, 0.3) is 0 Å². The van der Waals surface area contributed by atoms with Gasteiger partial charge in [0, 0.05) is 63.9 Å². The van der Waals surface area contributed by atoms with Gasteiger partial charge in [-0.15, -0.1) is 0 Å². The van der Waals surface area contributed by atoms with E-state index in [1.165, 1.54) is 12.2 Å². The number of allylic oxidation sites excluding steroid dienone is 2. The molecule has 0 atom stereocenters. The Morgan fingerprint density at radius 3 is 1.30 bits per heavy atom. The maximum Gasteiger partial charge on any atom is 0.187 e. The minimum absolute atomic E-state index is 0.0658.